The second kappa shape index (κ2) is 5.96. The normalized spacial score (nSPS) is 11.5. The molecule has 0 heterocycles. The minimum atomic E-state index is -4.21. The molecule has 2 rings (SSSR count). The van der Waals surface area contributed by atoms with Crippen molar-refractivity contribution in [1.82, 2.24) is 0 Å². The van der Waals surface area contributed by atoms with Gasteiger partial charge in [0, 0.05) is 6.07 Å². The molecule has 0 amide bonds. The monoisotopic (exact) mass is 371 g/mol. The molecule has 1 N–H and O–H groups in total. The fraction of sp³-hybridized carbons (Fsp3) is 0. The van der Waals surface area contributed by atoms with Crippen molar-refractivity contribution >= 4 is 50.5 Å². The molecule has 2 aromatic rings. The van der Waals surface area contributed by atoms with Crippen molar-refractivity contribution in [2.75, 3.05) is 4.72 Å². The third-order valence-electron chi connectivity index (χ3n) is 2.44. The van der Waals surface area contributed by atoms with Gasteiger partial charge in [-0.2, -0.15) is 0 Å². The molecule has 0 atom stereocenters. The van der Waals surface area contributed by atoms with E-state index in [0.717, 1.165) is 24.3 Å². The Morgan fingerprint density at radius 3 is 2.14 bits per heavy atom. The van der Waals surface area contributed by atoms with Gasteiger partial charge in [-0.1, -0.05) is 34.8 Å². The van der Waals surface area contributed by atoms with Crippen molar-refractivity contribution in [2.24, 2.45) is 0 Å². The lowest BCUT2D eigenvalue weighted by molar-refractivity contribution is 0.583. The van der Waals surface area contributed by atoms with E-state index in [0.29, 0.717) is 6.07 Å². The number of sulfonamides is 1. The summed E-state index contributed by atoms with van der Waals surface area (Å²) in [4.78, 5) is -0.373. The van der Waals surface area contributed by atoms with E-state index in [1.54, 1.807) is 0 Å². The highest BCUT2D eigenvalue weighted by molar-refractivity contribution is 7.92. The lowest BCUT2D eigenvalue weighted by Gasteiger charge is -2.11. The molecule has 112 valence electrons. The van der Waals surface area contributed by atoms with Crippen LogP contribution in [-0.4, -0.2) is 8.42 Å². The van der Waals surface area contributed by atoms with Crippen LogP contribution >= 0.6 is 34.8 Å². The fourth-order valence-electron chi connectivity index (χ4n) is 1.48. The van der Waals surface area contributed by atoms with Gasteiger partial charge in [0.1, 0.15) is 16.5 Å². The molecule has 0 saturated carbocycles. The first-order chi connectivity index (χ1) is 9.70. The second-order valence-corrected chi connectivity index (χ2v) is 6.80. The summed E-state index contributed by atoms with van der Waals surface area (Å²) < 4.78 is 52.6. The zero-order chi connectivity index (χ0) is 15.8. The van der Waals surface area contributed by atoms with Gasteiger partial charge in [0.15, 0.2) is 0 Å². The smallest absolute Gasteiger partial charge is 0.263 e. The van der Waals surface area contributed by atoms with Crippen LogP contribution in [0.25, 0.3) is 0 Å². The minimum absolute atomic E-state index is 0.0268. The average molecular weight is 373 g/mol. The number of benzene rings is 2. The van der Waals surface area contributed by atoms with Gasteiger partial charge < -0.3 is 0 Å². The molecule has 0 fully saturated rings. The number of hydrogen-bond acceptors (Lipinski definition) is 2. The lowest BCUT2D eigenvalue weighted by Crippen LogP contribution is -2.14. The minimum Gasteiger partial charge on any atom is -0.277 e. The number of nitrogens with one attached hydrogen (secondary N) is 1. The standard InChI is InChI=1S/C12H6Cl3F2NO2S/c13-7-4-9(15)12(5-8(7)14)21(19,20)18-11-2-1-6(16)3-10(11)17/h1-5,18H. The third-order valence-corrected chi connectivity index (χ3v) is 4.99. The maximum atomic E-state index is 13.5. The Bertz CT molecular complexity index is 812. The molecule has 9 heteroatoms. The van der Waals surface area contributed by atoms with Crippen molar-refractivity contribution < 1.29 is 17.2 Å². The molecule has 0 spiro atoms. The van der Waals surface area contributed by atoms with E-state index < -0.39 is 27.3 Å². The van der Waals surface area contributed by atoms with Crippen molar-refractivity contribution in [3.05, 3.63) is 57.0 Å². The summed E-state index contributed by atoms with van der Waals surface area (Å²) in [5.41, 5.74) is -0.418. The van der Waals surface area contributed by atoms with E-state index in [9.17, 15) is 17.2 Å². The highest BCUT2D eigenvalue weighted by Gasteiger charge is 2.21. The van der Waals surface area contributed by atoms with E-state index in [1.165, 1.54) is 0 Å². The van der Waals surface area contributed by atoms with Crippen molar-refractivity contribution in [2.45, 2.75) is 4.90 Å². The predicted octanol–water partition coefficient (Wildman–Crippen LogP) is 4.73. The Morgan fingerprint density at radius 1 is 0.905 bits per heavy atom. The molecule has 0 saturated heterocycles. The maximum Gasteiger partial charge on any atom is 0.263 e. The van der Waals surface area contributed by atoms with Crippen LogP contribution in [0.5, 0.6) is 0 Å². The van der Waals surface area contributed by atoms with Crippen molar-refractivity contribution in [1.29, 1.82) is 0 Å². The highest BCUT2D eigenvalue weighted by atomic mass is 35.5. The Balaban J connectivity index is 2.46. The summed E-state index contributed by atoms with van der Waals surface area (Å²) in [5.74, 6) is -1.89. The van der Waals surface area contributed by atoms with Gasteiger partial charge in [-0.25, -0.2) is 17.2 Å². The van der Waals surface area contributed by atoms with E-state index in [4.69, 9.17) is 34.8 Å². The van der Waals surface area contributed by atoms with E-state index >= 15 is 0 Å². The quantitative estimate of drug-likeness (QED) is 0.792. The van der Waals surface area contributed by atoms with E-state index in [-0.39, 0.29) is 20.0 Å². The number of anilines is 1. The SMILES string of the molecule is O=S(=O)(Nc1ccc(F)cc1F)c1cc(Cl)c(Cl)cc1Cl. The lowest BCUT2D eigenvalue weighted by atomic mass is 10.3. The van der Waals surface area contributed by atoms with E-state index in [1.807, 2.05) is 4.72 Å². The summed E-state index contributed by atoms with van der Waals surface area (Å²) in [6.07, 6.45) is 0. The first kappa shape index (κ1) is 16.3. The van der Waals surface area contributed by atoms with Gasteiger partial charge in [0.05, 0.1) is 20.8 Å². The fourth-order valence-corrected chi connectivity index (χ4v) is 3.55. The third kappa shape index (κ3) is 3.58. The molecule has 0 unspecified atom stereocenters. The largest absolute Gasteiger partial charge is 0.277 e. The Hall–Kier alpha value is -1.08. The van der Waals surface area contributed by atoms with Crippen molar-refractivity contribution in [3.8, 4) is 0 Å². The summed E-state index contributed by atoms with van der Waals surface area (Å²) in [6, 6.07) is 4.61. The predicted molar refractivity (Wildman–Crippen MR) is 78.6 cm³/mol. The van der Waals surface area contributed by atoms with Gasteiger partial charge in [-0.3, -0.25) is 4.72 Å². The molecule has 0 bridgehead atoms. The van der Waals surface area contributed by atoms with Crippen LogP contribution < -0.4 is 4.72 Å². The van der Waals surface area contributed by atoms with Gasteiger partial charge in [-0.05, 0) is 24.3 Å². The molecule has 0 aliphatic carbocycles. The van der Waals surface area contributed by atoms with Crippen LogP contribution in [0.4, 0.5) is 14.5 Å². The average Bonchev–Trinajstić information content (AvgIpc) is 2.37. The molecule has 0 aliphatic heterocycles. The Kier molecular flexibility index (Phi) is 4.63. The van der Waals surface area contributed by atoms with Crippen LogP contribution in [-0.2, 0) is 10.0 Å². The zero-order valence-corrected chi connectivity index (χ0v) is 13.1. The van der Waals surface area contributed by atoms with Gasteiger partial charge in [0.25, 0.3) is 10.0 Å². The van der Waals surface area contributed by atoms with Crippen LogP contribution in [0, 0.1) is 11.6 Å². The molecule has 0 aliphatic rings. The molecule has 21 heavy (non-hydrogen) atoms. The number of rotatable bonds is 3. The first-order valence-corrected chi connectivity index (χ1v) is 7.95. The van der Waals surface area contributed by atoms with Gasteiger partial charge >= 0.3 is 0 Å². The van der Waals surface area contributed by atoms with Crippen molar-refractivity contribution in [3.63, 3.8) is 0 Å². The molecular formula is C12H6Cl3F2NO2S. The van der Waals surface area contributed by atoms with Gasteiger partial charge in [-0.15, -0.1) is 0 Å². The summed E-state index contributed by atoms with van der Waals surface area (Å²) >= 11 is 17.2. The topological polar surface area (TPSA) is 46.2 Å². The molecule has 0 radical (unpaired) electrons. The summed E-state index contributed by atoms with van der Waals surface area (Å²) in [6.45, 7) is 0. The summed E-state index contributed by atoms with van der Waals surface area (Å²) in [7, 11) is -4.21. The Morgan fingerprint density at radius 2 is 1.52 bits per heavy atom. The number of halogens is 5. The zero-order valence-electron chi connectivity index (χ0n) is 10.0. The molecule has 2 aromatic carbocycles. The van der Waals surface area contributed by atoms with Crippen LogP contribution in [0.1, 0.15) is 0 Å². The van der Waals surface area contributed by atoms with Gasteiger partial charge in [0.2, 0.25) is 0 Å². The summed E-state index contributed by atoms with van der Waals surface area (Å²) in [5, 5.41) is -0.131. The molecule has 0 aromatic heterocycles. The molecular weight excluding hydrogens is 367 g/mol. The maximum absolute atomic E-state index is 13.5. The first-order valence-electron chi connectivity index (χ1n) is 5.33. The molecule has 3 nitrogen and oxygen atoms in total. The van der Waals surface area contributed by atoms with E-state index in [2.05, 4.69) is 0 Å². The number of hydrogen-bond donors (Lipinski definition) is 1. The van der Waals surface area contributed by atoms with Crippen LogP contribution in [0.15, 0.2) is 35.2 Å². The van der Waals surface area contributed by atoms with Crippen LogP contribution in [0.3, 0.4) is 0 Å². The Labute approximate surface area is 134 Å². The van der Waals surface area contributed by atoms with Crippen LogP contribution in [0.2, 0.25) is 15.1 Å². The second-order valence-electron chi connectivity index (χ2n) is 3.93. The highest BCUT2D eigenvalue weighted by Crippen LogP contribution is 2.32.